The first-order valence-corrected chi connectivity index (χ1v) is 4.08. The molecule has 0 atom stereocenters. The maximum Gasteiger partial charge on any atom is 0.234 e. The molecule has 0 saturated heterocycles. The van der Waals surface area contributed by atoms with Crippen molar-refractivity contribution in [1.29, 1.82) is 0 Å². The van der Waals surface area contributed by atoms with Gasteiger partial charge < -0.3 is 4.57 Å². The van der Waals surface area contributed by atoms with E-state index in [0.29, 0.717) is 6.54 Å². The molecular formula is C9H12N2O. The van der Waals surface area contributed by atoms with Gasteiger partial charge in [0.15, 0.2) is 0 Å². The van der Waals surface area contributed by atoms with Crippen LogP contribution in [-0.4, -0.2) is 17.2 Å². The van der Waals surface area contributed by atoms with Crippen LogP contribution in [0, 0.1) is 0 Å². The fourth-order valence-corrected chi connectivity index (χ4v) is 1.05. The Hall–Kier alpha value is -1.34. The molecule has 0 aliphatic rings. The number of nitrogens with zero attached hydrogens (tertiary/aromatic N) is 2. The fraction of sp³-hybridized carbons (Fsp3) is 0.444. The molecule has 1 heterocycles. The zero-order chi connectivity index (χ0) is 8.65. The molecule has 12 heavy (non-hydrogen) atoms. The van der Waals surface area contributed by atoms with Crippen LogP contribution in [0.25, 0.3) is 0 Å². The van der Waals surface area contributed by atoms with E-state index in [1.54, 1.807) is 0 Å². The van der Waals surface area contributed by atoms with E-state index in [2.05, 4.69) is 9.56 Å². The highest BCUT2D eigenvalue weighted by molar-refractivity contribution is 5.32. The number of aromatic nitrogens is 1. The van der Waals surface area contributed by atoms with Gasteiger partial charge in [0.2, 0.25) is 6.08 Å². The van der Waals surface area contributed by atoms with E-state index in [-0.39, 0.29) is 0 Å². The SMILES string of the molecule is O=C=NCCCCn1cccc1. The highest BCUT2D eigenvalue weighted by atomic mass is 16.1. The average molecular weight is 164 g/mol. The molecule has 0 bridgehead atoms. The number of aryl methyl sites for hydroxylation is 1. The molecule has 0 aromatic carbocycles. The highest BCUT2D eigenvalue weighted by Crippen LogP contribution is 1.96. The van der Waals surface area contributed by atoms with Gasteiger partial charge in [0.25, 0.3) is 0 Å². The zero-order valence-electron chi connectivity index (χ0n) is 6.94. The maximum absolute atomic E-state index is 9.70. The molecule has 1 rings (SSSR count). The van der Waals surface area contributed by atoms with Crippen LogP contribution in [0.15, 0.2) is 29.5 Å². The van der Waals surface area contributed by atoms with E-state index in [1.807, 2.05) is 24.5 Å². The lowest BCUT2D eigenvalue weighted by Crippen LogP contribution is -1.94. The van der Waals surface area contributed by atoms with E-state index in [9.17, 15) is 4.79 Å². The van der Waals surface area contributed by atoms with Gasteiger partial charge in [-0.25, -0.2) is 9.79 Å². The van der Waals surface area contributed by atoms with Crippen LogP contribution in [-0.2, 0) is 11.3 Å². The van der Waals surface area contributed by atoms with E-state index in [4.69, 9.17) is 0 Å². The summed E-state index contributed by atoms with van der Waals surface area (Å²) in [7, 11) is 0. The van der Waals surface area contributed by atoms with Crippen molar-refractivity contribution < 1.29 is 4.79 Å². The molecule has 0 N–H and O–H groups in total. The van der Waals surface area contributed by atoms with Crippen LogP contribution in [0.2, 0.25) is 0 Å². The first-order valence-electron chi connectivity index (χ1n) is 4.08. The van der Waals surface area contributed by atoms with Gasteiger partial charge in [-0.15, -0.1) is 0 Å². The average Bonchev–Trinajstić information content (AvgIpc) is 2.57. The largest absolute Gasteiger partial charge is 0.354 e. The third kappa shape index (κ3) is 3.17. The third-order valence-corrected chi connectivity index (χ3v) is 1.67. The lowest BCUT2D eigenvalue weighted by Gasteiger charge is -1.99. The first-order chi connectivity index (χ1) is 5.93. The van der Waals surface area contributed by atoms with Gasteiger partial charge in [0, 0.05) is 18.9 Å². The number of isocyanates is 1. The summed E-state index contributed by atoms with van der Waals surface area (Å²) in [4.78, 5) is 13.2. The van der Waals surface area contributed by atoms with Crippen molar-refractivity contribution in [2.45, 2.75) is 19.4 Å². The van der Waals surface area contributed by atoms with Gasteiger partial charge in [0.05, 0.1) is 6.54 Å². The maximum atomic E-state index is 9.70. The summed E-state index contributed by atoms with van der Waals surface area (Å²) in [5, 5.41) is 0. The number of hydrogen-bond donors (Lipinski definition) is 0. The van der Waals surface area contributed by atoms with Crippen LogP contribution < -0.4 is 0 Å². The van der Waals surface area contributed by atoms with Crippen LogP contribution in [0.4, 0.5) is 0 Å². The zero-order valence-corrected chi connectivity index (χ0v) is 6.94. The number of unbranched alkanes of at least 4 members (excludes halogenated alkanes) is 1. The van der Waals surface area contributed by atoms with Crippen LogP contribution >= 0.6 is 0 Å². The third-order valence-electron chi connectivity index (χ3n) is 1.67. The van der Waals surface area contributed by atoms with Crippen LogP contribution in [0.1, 0.15) is 12.8 Å². The van der Waals surface area contributed by atoms with Crippen molar-refractivity contribution in [3.05, 3.63) is 24.5 Å². The minimum Gasteiger partial charge on any atom is -0.354 e. The monoisotopic (exact) mass is 164 g/mol. The smallest absolute Gasteiger partial charge is 0.234 e. The first kappa shape index (κ1) is 8.75. The Kier molecular flexibility index (Phi) is 3.89. The minimum atomic E-state index is 0.602. The van der Waals surface area contributed by atoms with Gasteiger partial charge >= 0.3 is 0 Å². The van der Waals surface area contributed by atoms with Gasteiger partial charge in [-0.1, -0.05) is 0 Å². The topological polar surface area (TPSA) is 34.4 Å². The van der Waals surface area contributed by atoms with Crippen molar-refractivity contribution in [3.63, 3.8) is 0 Å². The van der Waals surface area contributed by atoms with Crippen LogP contribution in [0.3, 0.4) is 0 Å². The van der Waals surface area contributed by atoms with Gasteiger partial charge in [-0.2, -0.15) is 0 Å². The fourth-order valence-electron chi connectivity index (χ4n) is 1.05. The Morgan fingerprint density at radius 1 is 1.25 bits per heavy atom. The minimum absolute atomic E-state index is 0.602. The predicted octanol–water partition coefficient (Wildman–Crippen LogP) is 1.60. The van der Waals surface area contributed by atoms with Crippen molar-refractivity contribution in [3.8, 4) is 0 Å². The second kappa shape index (κ2) is 5.33. The highest BCUT2D eigenvalue weighted by Gasteiger charge is 1.88. The molecule has 0 spiro atoms. The number of rotatable bonds is 5. The van der Waals surface area contributed by atoms with E-state index < -0.39 is 0 Å². The summed E-state index contributed by atoms with van der Waals surface area (Å²) >= 11 is 0. The number of aliphatic imine (C=N–C) groups is 1. The molecule has 0 fully saturated rings. The Bertz CT molecular complexity index is 248. The molecule has 3 heteroatoms. The normalized spacial score (nSPS) is 9.33. The van der Waals surface area contributed by atoms with Crippen LogP contribution in [0.5, 0.6) is 0 Å². The van der Waals surface area contributed by atoms with Gasteiger partial charge in [-0.3, -0.25) is 0 Å². The molecule has 64 valence electrons. The van der Waals surface area contributed by atoms with Crippen molar-refractivity contribution >= 4 is 6.08 Å². The molecular weight excluding hydrogens is 152 g/mol. The summed E-state index contributed by atoms with van der Waals surface area (Å²) in [6, 6.07) is 4.01. The molecule has 0 unspecified atom stereocenters. The Morgan fingerprint density at radius 3 is 2.67 bits per heavy atom. The molecule has 0 saturated carbocycles. The van der Waals surface area contributed by atoms with E-state index in [1.165, 1.54) is 6.08 Å². The standard InChI is InChI=1S/C9H12N2O/c12-9-10-5-1-2-6-11-7-3-4-8-11/h3-4,7-8H,1-2,5-6H2. The molecule has 1 aromatic heterocycles. The molecule has 0 aliphatic carbocycles. The quantitative estimate of drug-likeness (QED) is 0.370. The number of carbonyl (C=O) groups excluding carboxylic acids is 1. The number of hydrogen-bond acceptors (Lipinski definition) is 2. The molecule has 1 aromatic rings. The Labute approximate surface area is 71.7 Å². The Balaban J connectivity index is 2.07. The summed E-state index contributed by atoms with van der Waals surface area (Å²) in [5.41, 5.74) is 0. The van der Waals surface area contributed by atoms with E-state index in [0.717, 1.165) is 19.4 Å². The lowest BCUT2D eigenvalue weighted by atomic mass is 10.3. The van der Waals surface area contributed by atoms with Crippen molar-refractivity contribution in [1.82, 2.24) is 4.57 Å². The molecule has 3 nitrogen and oxygen atoms in total. The van der Waals surface area contributed by atoms with Crippen molar-refractivity contribution in [2.24, 2.45) is 4.99 Å². The summed E-state index contributed by atoms with van der Waals surface area (Å²) in [6.45, 7) is 1.60. The van der Waals surface area contributed by atoms with Crippen molar-refractivity contribution in [2.75, 3.05) is 6.54 Å². The second-order valence-electron chi connectivity index (χ2n) is 2.60. The molecule has 0 aliphatic heterocycles. The summed E-state index contributed by atoms with van der Waals surface area (Å²) in [6.07, 6.45) is 7.60. The Morgan fingerprint density at radius 2 is 2.00 bits per heavy atom. The predicted molar refractivity (Wildman–Crippen MR) is 46.7 cm³/mol. The van der Waals surface area contributed by atoms with Gasteiger partial charge in [-0.05, 0) is 25.0 Å². The summed E-state index contributed by atoms with van der Waals surface area (Å²) in [5.74, 6) is 0. The second-order valence-corrected chi connectivity index (χ2v) is 2.60. The van der Waals surface area contributed by atoms with Gasteiger partial charge in [0.1, 0.15) is 0 Å². The van der Waals surface area contributed by atoms with E-state index >= 15 is 0 Å². The molecule has 0 amide bonds. The lowest BCUT2D eigenvalue weighted by molar-refractivity contribution is 0.560. The molecule has 0 radical (unpaired) electrons. The summed E-state index contributed by atoms with van der Waals surface area (Å²) < 4.78 is 2.12.